The van der Waals surface area contributed by atoms with E-state index in [1.807, 2.05) is 44.2 Å². The van der Waals surface area contributed by atoms with Gasteiger partial charge in [0.25, 0.3) is 0 Å². The van der Waals surface area contributed by atoms with Crippen molar-refractivity contribution in [3.05, 3.63) is 30.3 Å². The normalized spacial score (nSPS) is 16.8. The Balaban J connectivity index is 2.11. The topological polar surface area (TPSA) is 38.3 Å². The predicted molar refractivity (Wildman–Crippen MR) is 116 cm³/mol. The molecule has 0 aromatic heterocycles. The summed E-state index contributed by atoms with van der Waals surface area (Å²) in [5, 5.41) is 3.63. The summed E-state index contributed by atoms with van der Waals surface area (Å²) in [5.41, 5.74) is -0.949. The average Bonchev–Trinajstić information content (AvgIpc) is 2.67. The number of para-hydroxylation sites is 1. The van der Waals surface area contributed by atoms with Gasteiger partial charge in [0.1, 0.15) is 11.3 Å². The van der Waals surface area contributed by atoms with Gasteiger partial charge in [0.2, 0.25) is 5.91 Å². The number of carbonyl (C=O) groups excluding carboxylic acids is 1. The van der Waals surface area contributed by atoms with Gasteiger partial charge in [-0.2, -0.15) is 0 Å². The van der Waals surface area contributed by atoms with Crippen molar-refractivity contribution in [2.45, 2.75) is 84.6 Å². The minimum absolute atomic E-state index is 0.151. The molecule has 0 saturated heterocycles. The van der Waals surface area contributed by atoms with Crippen LogP contribution in [0.15, 0.2) is 30.3 Å². The van der Waals surface area contributed by atoms with E-state index in [1.165, 1.54) is 6.42 Å². The van der Waals surface area contributed by atoms with Crippen molar-refractivity contribution in [3.8, 4) is 5.75 Å². The molecular formula is C23H35NO2S. The number of ether oxygens (including phenoxy) is 1. The second kappa shape index (κ2) is 9.68. The summed E-state index contributed by atoms with van der Waals surface area (Å²) in [6, 6.07) is 9.51. The Hall–Kier alpha value is -1.42. The molecule has 0 aliphatic heterocycles. The van der Waals surface area contributed by atoms with Crippen LogP contribution in [0.5, 0.6) is 5.75 Å². The molecule has 2 rings (SSSR count). The van der Waals surface area contributed by atoms with E-state index in [-0.39, 0.29) is 11.3 Å². The first-order valence-corrected chi connectivity index (χ1v) is 10.8. The minimum atomic E-state index is -0.694. The van der Waals surface area contributed by atoms with Crippen molar-refractivity contribution in [3.63, 3.8) is 0 Å². The SMILES string of the molecule is CCC(CC)CC1(C(=O)NC(C)(C)C(=S)Oc2ccccc2)CCCCC1. The van der Waals surface area contributed by atoms with Crippen molar-refractivity contribution in [2.24, 2.45) is 11.3 Å². The number of rotatable bonds is 8. The summed E-state index contributed by atoms with van der Waals surface area (Å²) in [5.74, 6) is 1.46. The number of hydrogen-bond donors (Lipinski definition) is 1. The standard InChI is InChI=1S/C23H35NO2S/c1-5-18(6-2)17-23(15-11-8-12-16-23)20(25)24-22(3,4)21(27)26-19-13-9-7-10-14-19/h7,9-10,13-14,18H,5-6,8,11-12,15-17H2,1-4H3,(H,24,25). The molecule has 1 fully saturated rings. The number of hydrogen-bond acceptors (Lipinski definition) is 3. The predicted octanol–water partition coefficient (Wildman–Crippen LogP) is 6.06. The van der Waals surface area contributed by atoms with E-state index in [0.29, 0.717) is 16.7 Å². The third kappa shape index (κ3) is 5.78. The Kier molecular flexibility index (Phi) is 7.84. The fourth-order valence-corrected chi connectivity index (χ4v) is 4.22. The molecule has 1 aromatic carbocycles. The molecule has 4 heteroatoms. The highest BCUT2D eigenvalue weighted by atomic mass is 32.1. The second-order valence-corrected chi connectivity index (χ2v) is 8.88. The fourth-order valence-electron chi connectivity index (χ4n) is 4.07. The smallest absolute Gasteiger partial charge is 0.227 e. The maximum absolute atomic E-state index is 13.4. The van der Waals surface area contributed by atoms with Crippen LogP contribution in [0.4, 0.5) is 0 Å². The third-order valence-electron chi connectivity index (χ3n) is 6.02. The van der Waals surface area contributed by atoms with Crippen molar-refractivity contribution in [1.29, 1.82) is 0 Å². The Morgan fingerprint density at radius 3 is 2.30 bits per heavy atom. The van der Waals surface area contributed by atoms with Crippen LogP contribution in [0.3, 0.4) is 0 Å². The Morgan fingerprint density at radius 1 is 1.15 bits per heavy atom. The van der Waals surface area contributed by atoms with E-state index < -0.39 is 5.54 Å². The molecule has 0 spiro atoms. The molecule has 0 bridgehead atoms. The lowest BCUT2D eigenvalue weighted by atomic mass is 9.67. The largest absolute Gasteiger partial charge is 0.448 e. The van der Waals surface area contributed by atoms with Gasteiger partial charge in [0, 0.05) is 5.41 Å². The van der Waals surface area contributed by atoms with Gasteiger partial charge in [-0.3, -0.25) is 4.79 Å². The molecule has 1 amide bonds. The molecule has 0 heterocycles. The van der Waals surface area contributed by atoms with Crippen molar-refractivity contribution in [2.75, 3.05) is 0 Å². The zero-order valence-electron chi connectivity index (χ0n) is 17.3. The fraction of sp³-hybridized carbons (Fsp3) is 0.652. The summed E-state index contributed by atoms with van der Waals surface area (Å²) in [6.45, 7) is 8.33. The first-order chi connectivity index (χ1) is 12.8. The molecule has 1 N–H and O–H groups in total. The lowest BCUT2D eigenvalue weighted by Gasteiger charge is -2.40. The van der Waals surface area contributed by atoms with Gasteiger partial charge < -0.3 is 10.1 Å². The van der Waals surface area contributed by atoms with E-state index >= 15 is 0 Å². The Labute approximate surface area is 170 Å². The molecule has 27 heavy (non-hydrogen) atoms. The summed E-state index contributed by atoms with van der Waals surface area (Å²) in [6.07, 6.45) is 8.72. The van der Waals surface area contributed by atoms with Gasteiger partial charge in [0.15, 0.2) is 5.05 Å². The maximum atomic E-state index is 13.4. The first-order valence-electron chi connectivity index (χ1n) is 10.4. The summed E-state index contributed by atoms with van der Waals surface area (Å²) >= 11 is 5.52. The van der Waals surface area contributed by atoms with Crippen molar-refractivity contribution >= 4 is 23.2 Å². The van der Waals surface area contributed by atoms with Gasteiger partial charge in [-0.1, -0.05) is 64.2 Å². The number of amides is 1. The van der Waals surface area contributed by atoms with Crippen molar-refractivity contribution < 1.29 is 9.53 Å². The van der Waals surface area contributed by atoms with E-state index in [0.717, 1.165) is 44.9 Å². The molecule has 0 radical (unpaired) electrons. The summed E-state index contributed by atoms with van der Waals surface area (Å²) < 4.78 is 5.84. The molecular weight excluding hydrogens is 354 g/mol. The van der Waals surface area contributed by atoms with E-state index in [1.54, 1.807) is 0 Å². The lowest BCUT2D eigenvalue weighted by Crippen LogP contribution is -2.56. The van der Waals surface area contributed by atoms with Crippen molar-refractivity contribution in [1.82, 2.24) is 5.32 Å². The van der Waals surface area contributed by atoms with Crippen LogP contribution >= 0.6 is 12.2 Å². The van der Waals surface area contributed by atoms with Crippen LogP contribution in [0.1, 0.15) is 79.1 Å². The quantitative estimate of drug-likeness (QED) is 0.549. The lowest BCUT2D eigenvalue weighted by molar-refractivity contribution is -0.135. The van der Waals surface area contributed by atoms with Gasteiger partial charge in [-0.05, 0) is 63.4 Å². The van der Waals surface area contributed by atoms with Crippen LogP contribution in [0.2, 0.25) is 0 Å². The van der Waals surface area contributed by atoms with Gasteiger partial charge in [0.05, 0.1) is 0 Å². The third-order valence-corrected chi connectivity index (χ3v) is 6.61. The molecule has 1 aliphatic carbocycles. The first kappa shape index (κ1) is 21.9. The number of carbonyl (C=O) groups is 1. The van der Waals surface area contributed by atoms with Gasteiger partial charge in [-0.15, -0.1) is 0 Å². The van der Waals surface area contributed by atoms with Crippen LogP contribution in [-0.2, 0) is 4.79 Å². The number of thiocarbonyl (C=S) groups is 1. The Morgan fingerprint density at radius 2 is 1.74 bits per heavy atom. The highest BCUT2D eigenvalue weighted by molar-refractivity contribution is 7.80. The molecule has 0 unspecified atom stereocenters. The monoisotopic (exact) mass is 389 g/mol. The van der Waals surface area contributed by atoms with Crippen LogP contribution in [0.25, 0.3) is 0 Å². The highest BCUT2D eigenvalue weighted by Gasteiger charge is 2.43. The summed E-state index contributed by atoms with van der Waals surface area (Å²) in [4.78, 5) is 13.4. The molecule has 1 aliphatic rings. The molecule has 0 atom stereocenters. The highest BCUT2D eigenvalue weighted by Crippen LogP contribution is 2.43. The number of nitrogens with one attached hydrogen (secondary N) is 1. The summed E-state index contributed by atoms with van der Waals surface area (Å²) in [7, 11) is 0. The molecule has 1 aromatic rings. The molecule has 1 saturated carbocycles. The number of benzene rings is 1. The average molecular weight is 390 g/mol. The van der Waals surface area contributed by atoms with Gasteiger partial charge >= 0.3 is 0 Å². The van der Waals surface area contributed by atoms with E-state index in [9.17, 15) is 4.79 Å². The van der Waals surface area contributed by atoms with E-state index in [4.69, 9.17) is 17.0 Å². The molecule has 150 valence electrons. The zero-order valence-corrected chi connectivity index (χ0v) is 18.2. The minimum Gasteiger partial charge on any atom is -0.448 e. The zero-order chi connectivity index (χ0) is 19.9. The van der Waals surface area contributed by atoms with Crippen LogP contribution in [-0.4, -0.2) is 16.5 Å². The molecule has 3 nitrogen and oxygen atoms in total. The van der Waals surface area contributed by atoms with E-state index in [2.05, 4.69) is 19.2 Å². The van der Waals surface area contributed by atoms with Gasteiger partial charge in [-0.25, -0.2) is 0 Å². The van der Waals surface area contributed by atoms with Crippen LogP contribution < -0.4 is 10.1 Å². The maximum Gasteiger partial charge on any atom is 0.227 e. The second-order valence-electron chi connectivity index (χ2n) is 8.51. The van der Waals surface area contributed by atoms with Crippen LogP contribution in [0, 0.1) is 11.3 Å². The Bertz CT molecular complexity index is 617.